The zero-order chi connectivity index (χ0) is 16.8. The van der Waals surface area contributed by atoms with E-state index in [4.69, 9.17) is 5.73 Å². The van der Waals surface area contributed by atoms with E-state index in [-0.39, 0.29) is 17.3 Å². The number of amides is 1. The molecular weight excluding hydrogens is 294 g/mol. The second-order valence-corrected chi connectivity index (χ2v) is 5.42. The Labute approximate surface area is 134 Å². The molecular formula is C17H19N3O3. The van der Waals surface area contributed by atoms with Crippen LogP contribution in [0.1, 0.15) is 29.3 Å². The van der Waals surface area contributed by atoms with E-state index in [0.717, 1.165) is 12.8 Å². The number of hydrogen-bond acceptors (Lipinski definition) is 4. The molecule has 3 N–H and O–H groups in total. The zero-order valence-electron chi connectivity index (χ0n) is 12.9. The molecule has 120 valence electrons. The van der Waals surface area contributed by atoms with E-state index in [9.17, 15) is 14.9 Å². The van der Waals surface area contributed by atoms with E-state index >= 15 is 0 Å². The summed E-state index contributed by atoms with van der Waals surface area (Å²) in [5, 5.41) is 14.3. The molecule has 2 rings (SSSR count). The minimum absolute atomic E-state index is 0.0494. The molecule has 0 saturated carbocycles. The van der Waals surface area contributed by atoms with Crippen LogP contribution < -0.4 is 11.1 Å². The molecule has 0 fully saturated rings. The summed E-state index contributed by atoms with van der Waals surface area (Å²) in [5.41, 5.74) is 6.75. The molecule has 0 saturated heterocycles. The van der Waals surface area contributed by atoms with Crippen molar-refractivity contribution in [3.05, 3.63) is 69.8 Å². The van der Waals surface area contributed by atoms with Crippen molar-refractivity contribution in [2.24, 2.45) is 5.73 Å². The highest BCUT2D eigenvalue weighted by Crippen LogP contribution is 2.26. The standard InChI is InChI=1S/C17H19N3O3/c1-12(7-8-13-5-3-2-4-6-13)19-15-10-9-14(17(18)21)11-16(15)20(22)23/h2-6,9-12,19H,7-8H2,1H3,(H2,18,21). The second kappa shape index (κ2) is 7.40. The third-order valence-corrected chi connectivity index (χ3v) is 3.59. The Hall–Kier alpha value is -2.89. The fourth-order valence-electron chi connectivity index (χ4n) is 2.32. The van der Waals surface area contributed by atoms with E-state index in [1.54, 1.807) is 0 Å². The summed E-state index contributed by atoms with van der Waals surface area (Å²) in [4.78, 5) is 21.8. The summed E-state index contributed by atoms with van der Waals surface area (Å²) in [6, 6.07) is 14.3. The van der Waals surface area contributed by atoms with Crippen LogP contribution in [0.15, 0.2) is 48.5 Å². The third-order valence-electron chi connectivity index (χ3n) is 3.59. The van der Waals surface area contributed by atoms with Crippen molar-refractivity contribution in [3.63, 3.8) is 0 Å². The van der Waals surface area contributed by atoms with Crippen molar-refractivity contribution in [2.75, 3.05) is 5.32 Å². The molecule has 6 heteroatoms. The number of carbonyl (C=O) groups excluding carboxylic acids is 1. The predicted molar refractivity (Wildman–Crippen MR) is 89.5 cm³/mol. The first-order valence-corrected chi connectivity index (χ1v) is 7.36. The van der Waals surface area contributed by atoms with Crippen LogP contribution in [0.5, 0.6) is 0 Å². The molecule has 0 bridgehead atoms. The van der Waals surface area contributed by atoms with E-state index in [0.29, 0.717) is 5.69 Å². The fourth-order valence-corrected chi connectivity index (χ4v) is 2.32. The molecule has 0 radical (unpaired) electrons. The van der Waals surface area contributed by atoms with Crippen LogP contribution >= 0.6 is 0 Å². The first-order chi connectivity index (χ1) is 11.0. The first-order valence-electron chi connectivity index (χ1n) is 7.36. The third kappa shape index (κ3) is 4.54. The van der Waals surface area contributed by atoms with E-state index < -0.39 is 10.8 Å². The van der Waals surface area contributed by atoms with Gasteiger partial charge in [-0.2, -0.15) is 0 Å². The molecule has 0 aromatic heterocycles. The van der Waals surface area contributed by atoms with Gasteiger partial charge < -0.3 is 11.1 Å². The van der Waals surface area contributed by atoms with Gasteiger partial charge in [-0.3, -0.25) is 14.9 Å². The highest BCUT2D eigenvalue weighted by Gasteiger charge is 2.17. The van der Waals surface area contributed by atoms with Gasteiger partial charge in [0.15, 0.2) is 0 Å². The number of hydrogen-bond donors (Lipinski definition) is 2. The molecule has 2 aromatic carbocycles. The van der Waals surface area contributed by atoms with Gasteiger partial charge in [0, 0.05) is 17.7 Å². The average molecular weight is 313 g/mol. The highest BCUT2D eigenvalue weighted by molar-refractivity contribution is 5.94. The van der Waals surface area contributed by atoms with Gasteiger partial charge in [-0.15, -0.1) is 0 Å². The van der Waals surface area contributed by atoms with Gasteiger partial charge in [0.1, 0.15) is 5.69 Å². The molecule has 0 heterocycles. The van der Waals surface area contributed by atoms with Crippen LogP contribution in [0.25, 0.3) is 0 Å². The lowest BCUT2D eigenvalue weighted by Gasteiger charge is -2.15. The Morgan fingerprint density at radius 1 is 1.26 bits per heavy atom. The summed E-state index contributed by atoms with van der Waals surface area (Å²) in [6.45, 7) is 1.97. The first kappa shape index (κ1) is 16.5. The van der Waals surface area contributed by atoms with Crippen LogP contribution in [0.3, 0.4) is 0 Å². The van der Waals surface area contributed by atoms with Gasteiger partial charge in [0.25, 0.3) is 5.69 Å². The molecule has 0 spiro atoms. The van der Waals surface area contributed by atoms with Crippen LogP contribution in [0, 0.1) is 10.1 Å². The number of nitrogens with zero attached hydrogens (tertiary/aromatic N) is 1. The van der Waals surface area contributed by atoms with Crippen molar-refractivity contribution in [1.82, 2.24) is 0 Å². The van der Waals surface area contributed by atoms with Crippen molar-refractivity contribution in [3.8, 4) is 0 Å². The Morgan fingerprint density at radius 2 is 1.96 bits per heavy atom. The van der Waals surface area contributed by atoms with E-state index in [1.165, 1.54) is 23.8 Å². The van der Waals surface area contributed by atoms with Gasteiger partial charge in [-0.05, 0) is 37.5 Å². The van der Waals surface area contributed by atoms with Gasteiger partial charge in [0.05, 0.1) is 4.92 Å². The second-order valence-electron chi connectivity index (χ2n) is 5.42. The van der Waals surface area contributed by atoms with Crippen LogP contribution in [0.2, 0.25) is 0 Å². The van der Waals surface area contributed by atoms with Crippen LogP contribution in [0.4, 0.5) is 11.4 Å². The maximum Gasteiger partial charge on any atom is 0.293 e. The predicted octanol–water partition coefficient (Wildman–Crippen LogP) is 3.13. The molecule has 1 atom stereocenters. The number of nitrogens with one attached hydrogen (secondary N) is 1. The number of carbonyl (C=O) groups is 1. The summed E-state index contributed by atoms with van der Waals surface area (Å²) in [5.74, 6) is -0.684. The highest BCUT2D eigenvalue weighted by atomic mass is 16.6. The molecule has 0 aliphatic carbocycles. The monoisotopic (exact) mass is 313 g/mol. The average Bonchev–Trinajstić information content (AvgIpc) is 2.54. The van der Waals surface area contributed by atoms with Crippen LogP contribution in [-0.4, -0.2) is 16.9 Å². The van der Waals surface area contributed by atoms with Crippen molar-refractivity contribution < 1.29 is 9.72 Å². The Morgan fingerprint density at radius 3 is 2.57 bits per heavy atom. The van der Waals surface area contributed by atoms with Gasteiger partial charge in [-0.25, -0.2) is 0 Å². The van der Waals surface area contributed by atoms with Crippen LogP contribution in [-0.2, 0) is 6.42 Å². The molecule has 0 aliphatic rings. The van der Waals surface area contributed by atoms with E-state index in [1.807, 2.05) is 25.1 Å². The smallest absolute Gasteiger partial charge is 0.293 e. The summed E-state index contributed by atoms with van der Waals surface area (Å²) in [6.07, 6.45) is 1.71. The number of nitro groups is 1. The van der Waals surface area contributed by atoms with E-state index in [2.05, 4.69) is 17.4 Å². The summed E-state index contributed by atoms with van der Waals surface area (Å²) < 4.78 is 0. The minimum Gasteiger partial charge on any atom is -0.377 e. The number of anilines is 1. The topological polar surface area (TPSA) is 98.3 Å². The van der Waals surface area contributed by atoms with Gasteiger partial charge >= 0.3 is 0 Å². The fraction of sp³-hybridized carbons (Fsp3) is 0.235. The number of nitro benzene ring substituents is 1. The van der Waals surface area contributed by atoms with Crippen molar-refractivity contribution >= 4 is 17.3 Å². The number of aryl methyl sites for hydroxylation is 1. The lowest BCUT2D eigenvalue weighted by molar-refractivity contribution is -0.384. The number of benzene rings is 2. The van der Waals surface area contributed by atoms with Gasteiger partial charge in [0.2, 0.25) is 5.91 Å². The number of nitrogens with two attached hydrogens (primary N) is 1. The minimum atomic E-state index is -0.684. The Bertz CT molecular complexity index is 701. The lowest BCUT2D eigenvalue weighted by atomic mass is 10.1. The Balaban J connectivity index is 2.06. The number of rotatable bonds is 7. The Kier molecular flexibility index (Phi) is 5.30. The van der Waals surface area contributed by atoms with Crippen molar-refractivity contribution in [2.45, 2.75) is 25.8 Å². The normalized spacial score (nSPS) is 11.7. The molecule has 1 unspecified atom stereocenters. The maximum absolute atomic E-state index is 11.2. The quantitative estimate of drug-likeness (QED) is 0.606. The van der Waals surface area contributed by atoms with Gasteiger partial charge in [-0.1, -0.05) is 30.3 Å². The zero-order valence-corrected chi connectivity index (χ0v) is 12.9. The van der Waals surface area contributed by atoms with Crippen molar-refractivity contribution in [1.29, 1.82) is 0 Å². The summed E-state index contributed by atoms with van der Waals surface area (Å²) >= 11 is 0. The largest absolute Gasteiger partial charge is 0.377 e. The number of primary amides is 1. The SMILES string of the molecule is CC(CCc1ccccc1)Nc1ccc(C(N)=O)cc1[N+](=O)[O-]. The lowest BCUT2D eigenvalue weighted by Crippen LogP contribution is -2.18. The maximum atomic E-state index is 11.2. The molecule has 23 heavy (non-hydrogen) atoms. The molecule has 2 aromatic rings. The summed E-state index contributed by atoms with van der Waals surface area (Å²) in [7, 11) is 0. The molecule has 6 nitrogen and oxygen atoms in total. The molecule has 0 aliphatic heterocycles. The molecule has 1 amide bonds.